The molecule has 1 atom stereocenters. The summed E-state index contributed by atoms with van der Waals surface area (Å²) in [7, 11) is 0. The van der Waals surface area contributed by atoms with Gasteiger partial charge in [0.15, 0.2) is 5.82 Å². The third kappa shape index (κ3) is 4.40. The van der Waals surface area contributed by atoms with Crippen LogP contribution in [0.15, 0.2) is 79.1 Å². The van der Waals surface area contributed by atoms with Gasteiger partial charge in [-0.05, 0) is 29.8 Å². The number of hydrogen-bond donors (Lipinski definition) is 1. The second-order valence-corrected chi connectivity index (χ2v) is 7.60. The summed E-state index contributed by atoms with van der Waals surface area (Å²) in [6.45, 7) is 4.14. The van der Waals surface area contributed by atoms with Crippen LogP contribution in [0, 0.1) is 0 Å². The van der Waals surface area contributed by atoms with Crippen molar-refractivity contribution < 1.29 is 4.74 Å². The lowest BCUT2D eigenvalue weighted by atomic mass is 10.0. The molecule has 1 fully saturated rings. The lowest BCUT2D eigenvalue weighted by molar-refractivity contribution is 0.0187. The number of nitrogens with zero attached hydrogens (tertiary/aromatic N) is 4. The van der Waals surface area contributed by atoms with E-state index in [2.05, 4.69) is 51.6 Å². The molecule has 2 aromatic heterocycles. The Morgan fingerprint density at radius 3 is 2.42 bits per heavy atom. The molecule has 1 aliphatic heterocycles. The fraction of sp³-hybridized carbons (Fsp3) is 0.240. The number of rotatable bonds is 6. The van der Waals surface area contributed by atoms with E-state index in [0.717, 1.165) is 55.1 Å². The molecule has 6 heteroatoms. The molecular formula is C25H25N5O. The Bertz CT molecular complexity index is 1130. The van der Waals surface area contributed by atoms with Crippen molar-refractivity contribution in [3.63, 3.8) is 0 Å². The molecule has 4 aromatic rings. The van der Waals surface area contributed by atoms with E-state index >= 15 is 0 Å². The number of benzene rings is 2. The zero-order valence-electron chi connectivity index (χ0n) is 17.3. The fourth-order valence-electron chi connectivity index (χ4n) is 4.06. The zero-order chi connectivity index (χ0) is 20.9. The predicted octanol–water partition coefficient (Wildman–Crippen LogP) is 4.18. The first kappa shape index (κ1) is 19.6. The summed E-state index contributed by atoms with van der Waals surface area (Å²) in [4.78, 5) is 16.3. The Balaban J connectivity index is 1.48. The van der Waals surface area contributed by atoms with Crippen molar-refractivity contribution in [2.75, 3.05) is 38.2 Å². The molecule has 2 aromatic carbocycles. The van der Waals surface area contributed by atoms with Crippen molar-refractivity contribution >= 4 is 16.7 Å². The van der Waals surface area contributed by atoms with Crippen molar-refractivity contribution in [3.8, 4) is 11.4 Å². The second kappa shape index (κ2) is 9.20. The molecule has 3 heterocycles. The highest BCUT2D eigenvalue weighted by Gasteiger charge is 2.23. The Morgan fingerprint density at radius 2 is 1.61 bits per heavy atom. The van der Waals surface area contributed by atoms with Crippen LogP contribution in [0.4, 0.5) is 5.82 Å². The lowest BCUT2D eigenvalue weighted by Gasteiger charge is -2.35. The van der Waals surface area contributed by atoms with Crippen LogP contribution in [0.5, 0.6) is 0 Å². The van der Waals surface area contributed by atoms with Gasteiger partial charge in [-0.1, -0.05) is 42.5 Å². The fourth-order valence-corrected chi connectivity index (χ4v) is 4.06. The first-order valence-electron chi connectivity index (χ1n) is 10.7. The summed E-state index contributed by atoms with van der Waals surface area (Å²) in [5, 5.41) is 4.67. The number of nitrogens with one attached hydrogen (secondary N) is 1. The number of aromatic nitrogens is 3. The number of fused-ring (bicyclic) bond motifs is 1. The van der Waals surface area contributed by atoms with Gasteiger partial charge in [-0.2, -0.15) is 0 Å². The van der Waals surface area contributed by atoms with Gasteiger partial charge in [-0.25, -0.2) is 9.97 Å². The van der Waals surface area contributed by atoms with Gasteiger partial charge in [-0.3, -0.25) is 9.88 Å². The minimum Gasteiger partial charge on any atom is -0.379 e. The van der Waals surface area contributed by atoms with Crippen LogP contribution < -0.4 is 5.32 Å². The molecule has 0 amide bonds. The Morgan fingerprint density at radius 1 is 0.871 bits per heavy atom. The summed E-state index contributed by atoms with van der Waals surface area (Å²) >= 11 is 0. The highest BCUT2D eigenvalue weighted by molar-refractivity contribution is 5.90. The molecule has 5 rings (SSSR count). The van der Waals surface area contributed by atoms with Gasteiger partial charge in [0, 0.05) is 43.0 Å². The first-order chi connectivity index (χ1) is 15.4. The van der Waals surface area contributed by atoms with E-state index in [0.29, 0.717) is 5.82 Å². The highest BCUT2D eigenvalue weighted by Crippen LogP contribution is 2.27. The summed E-state index contributed by atoms with van der Waals surface area (Å²) < 4.78 is 5.58. The summed E-state index contributed by atoms with van der Waals surface area (Å²) in [5.41, 5.74) is 3.18. The van der Waals surface area contributed by atoms with E-state index in [9.17, 15) is 0 Å². The SMILES string of the molecule is c1ccc(C(CNc2nc(-c3ccncc3)nc3ccccc23)N2CCOCC2)cc1. The Labute approximate surface area is 181 Å². The van der Waals surface area contributed by atoms with Crippen LogP contribution in [0.25, 0.3) is 22.3 Å². The Hall–Kier alpha value is -3.35. The molecule has 0 spiro atoms. The number of anilines is 1. The van der Waals surface area contributed by atoms with Crippen molar-refractivity contribution in [3.05, 3.63) is 84.7 Å². The van der Waals surface area contributed by atoms with Gasteiger partial charge in [0.2, 0.25) is 0 Å². The van der Waals surface area contributed by atoms with Crippen molar-refractivity contribution in [2.24, 2.45) is 0 Å². The highest BCUT2D eigenvalue weighted by atomic mass is 16.5. The van der Waals surface area contributed by atoms with Gasteiger partial charge >= 0.3 is 0 Å². The average molecular weight is 412 g/mol. The van der Waals surface area contributed by atoms with E-state index in [1.165, 1.54) is 5.56 Å². The summed E-state index contributed by atoms with van der Waals surface area (Å²) in [6, 6.07) is 22.9. The van der Waals surface area contributed by atoms with Gasteiger partial charge in [0.1, 0.15) is 5.82 Å². The summed E-state index contributed by atoms with van der Waals surface area (Å²) in [6.07, 6.45) is 3.54. The van der Waals surface area contributed by atoms with Gasteiger partial charge in [0.05, 0.1) is 24.8 Å². The minimum absolute atomic E-state index is 0.239. The molecule has 0 saturated carbocycles. The zero-order valence-corrected chi connectivity index (χ0v) is 17.3. The topological polar surface area (TPSA) is 63.2 Å². The molecule has 1 unspecified atom stereocenters. The van der Waals surface area contributed by atoms with Gasteiger partial charge < -0.3 is 10.1 Å². The normalized spacial score (nSPS) is 15.6. The smallest absolute Gasteiger partial charge is 0.162 e. The maximum Gasteiger partial charge on any atom is 0.162 e. The molecular weight excluding hydrogens is 386 g/mol. The van der Waals surface area contributed by atoms with Crippen molar-refractivity contribution in [1.82, 2.24) is 19.9 Å². The third-order valence-electron chi connectivity index (χ3n) is 5.68. The molecule has 0 aliphatic carbocycles. The third-order valence-corrected chi connectivity index (χ3v) is 5.68. The van der Waals surface area contributed by atoms with Gasteiger partial charge in [0.25, 0.3) is 0 Å². The van der Waals surface area contributed by atoms with E-state index < -0.39 is 0 Å². The van der Waals surface area contributed by atoms with E-state index in [1.807, 2.05) is 30.3 Å². The number of pyridine rings is 1. The molecule has 1 N–H and O–H groups in total. The van der Waals surface area contributed by atoms with E-state index in [1.54, 1.807) is 12.4 Å². The van der Waals surface area contributed by atoms with Crippen LogP contribution in [-0.2, 0) is 4.74 Å². The molecule has 6 nitrogen and oxygen atoms in total. The molecule has 31 heavy (non-hydrogen) atoms. The number of morpholine rings is 1. The first-order valence-corrected chi connectivity index (χ1v) is 10.7. The number of ether oxygens (including phenoxy) is 1. The molecule has 156 valence electrons. The van der Waals surface area contributed by atoms with Crippen LogP contribution >= 0.6 is 0 Å². The maximum absolute atomic E-state index is 5.58. The van der Waals surface area contributed by atoms with Crippen LogP contribution in [-0.4, -0.2) is 52.7 Å². The minimum atomic E-state index is 0.239. The van der Waals surface area contributed by atoms with Crippen molar-refractivity contribution in [2.45, 2.75) is 6.04 Å². The lowest BCUT2D eigenvalue weighted by Crippen LogP contribution is -2.41. The summed E-state index contributed by atoms with van der Waals surface area (Å²) in [5.74, 6) is 1.55. The number of hydrogen-bond acceptors (Lipinski definition) is 6. The monoisotopic (exact) mass is 411 g/mol. The second-order valence-electron chi connectivity index (χ2n) is 7.60. The molecule has 1 aliphatic rings. The molecule has 0 bridgehead atoms. The quantitative estimate of drug-likeness (QED) is 0.514. The van der Waals surface area contributed by atoms with Gasteiger partial charge in [-0.15, -0.1) is 0 Å². The average Bonchev–Trinajstić information content (AvgIpc) is 2.86. The standard InChI is InChI=1S/C25H25N5O/c1-2-6-19(7-3-1)23(30-14-16-31-17-15-30)18-27-25-21-8-4-5-9-22(21)28-24(29-25)20-10-12-26-13-11-20/h1-13,23H,14-18H2,(H,27,28,29). The van der Waals surface area contributed by atoms with Crippen LogP contribution in [0.2, 0.25) is 0 Å². The van der Waals surface area contributed by atoms with Crippen LogP contribution in [0.3, 0.4) is 0 Å². The van der Waals surface area contributed by atoms with E-state index in [-0.39, 0.29) is 6.04 Å². The molecule has 1 saturated heterocycles. The van der Waals surface area contributed by atoms with Crippen molar-refractivity contribution in [1.29, 1.82) is 0 Å². The van der Waals surface area contributed by atoms with Crippen LogP contribution in [0.1, 0.15) is 11.6 Å². The maximum atomic E-state index is 5.58. The Kier molecular flexibility index (Phi) is 5.82. The number of para-hydroxylation sites is 1. The predicted molar refractivity (Wildman–Crippen MR) is 123 cm³/mol. The molecule has 0 radical (unpaired) electrons. The van der Waals surface area contributed by atoms with E-state index in [4.69, 9.17) is 14.7 Å². The largest absolute Gasteiger partial charge is 0.379 e.